The van der Waals surface area contributed by atoms with Crippen molar-refractivity contribution in [2.24, 2.45) is 0 Å². The fourth-order valence-electron chi connectivity index (χ4n) is 2.91. The molecular formula is C17H25F2N3O2. The van der Waals surface area contributed by atoms with E-state index in [1.54, 1.807) is 24.8 Å². The second-order valence-electron chi connectivity index (χ2n) is 6.90. The maximum absolute atomic E-state index is 13.0. The van der Waals surface area contributed by atoms with E-state index in [0.717, 1.165) is 0 Å². The van der Waals surface area contributed by atoms with Crippen molar-refractivity contribution in [2.45, 2.75) is 38.8 Å². The number of amides is 2. The van der Waals surface area contributed by atoms with Crippen molar-refractivity contribution >= 4 is 11.7 Å². The summed E-state index contributed by atoms with van der Waals surface area (Å²) in [6.45, 7) is 7.62. The van der Waals surface area contributed by atoms with Gasteiger partial charge in [0.2, 0.25) is 0 Å². The van der Waals surface area contributed by atoms with Gasteiger partial charge in [0.15, 0.2) is 0 Å². The largest absolute Gasteiger partial charge is 0.389 e. The third-order valence-corrected chi connectivity index (χ3v) is 4.08. The van der Waals surface area contributed by atoms with Crippen LogP contribution in [-0.4, -0.2) is 58.8 Å². The number of alkyl halides is 2. The molecule has 1 unspecified atom stereocenters. The summed E-state index contributed by atoms with van der Waals surface area (Å²) >= 11 is 0. The van der Waals surface area contributed by atoms with Gasteiger partial charge >= 0.3 is 6.03 Å². The molecule has 7 heteroatoms. The topological polar surface area (TPSA) is 55.8 Å². The number of aliphatic hydroxyl groups is 1. The van der Waals surface area contributed by atoms with Crippen LogP contribution in [0.1, 0.15) is 32.8 Å². The molecular weight excluding hydrogens is 316 g/mol. The first-order valence-electron chi connectivity index (χ1n) is 8.07. The molecule has 1 aliphatic rings. The molecule has 1 saturated heterocycles. The van der Waals surface area contributed by atoms with Gasteiger partial charge in [-0.15, -0.1) is 0 Å². The Morgan fingerprint density at radius 1 is 1.38 bits per heavy atom. The van der Waals surface area contributed by atoms with Gasteiger partial charge in [0.1, 0.15) is 0 Å². The number of β-amino-alcohol motifs (C(OH)–C–C–N with tert-alkyl or cyclic N) is 1. The third-order valence-electron chi connectivity index (χ3n) is 4.08. The van der Waals surface area contributed by atoms with Crippen LogP contribution in [0.2, 0.25) is 0 Å². The number of carbonyl (C=O) groups excluding carboxylic acids is 1. The zero-order valence-corrected chi connectivity index (χ0v) is 14.3. The smallest absolute Gasteiger partial charge is 0.321 e. The molecule has 2 amide bonds. The lowest BCUT2D eigenvalue weighted by atomic mass is 10.1. The second-order valence-corrected chi connectivity index (χ2v) is 6.90. The van der Waals surface area contributed by atoms with Gasteiger partial charge < -0.3 is 15.3 Å². The van der Waals surface area contributed by atoms with E-state index < -0.39 is 12.0 Å². The predicted molar refractivity (Wildman–Crippen MR) is 89.3 cm³/mol. The van der Waals surface area contributed by atoms with E-state index in [0.29, 0.717) is 26.2 Å². The van der Waals surface area contributed by atoms with E-state index in [-0.39, 0.29) is 23.3 Å². The van der Waals surface area contributed by atoms with Gasteiger partial charge in [-0.1, -0.05) is 18.2 Å². The van der Waals surface area contributed by atoms with E-state index in [2.05, 4.69) is 10.2 Å². The summed E-state index contributed by atoms with van der Waals surface area (Å²) < 4.78 is 26.0. The number of nitrogens with zero attached hydrogens (tertiary/aromatic N) is 2. The number of carbonyl (C=O) groups is 1. The Labute approximate surface area is 141 Å². The first-order chi connectivity index (χ1) is 11.2. The molecule has 2 N–H and O–H groups in total. The molecule has 134 valence electrons. The normalized spacial score (nSPS) is 19.6. The Bertz CT molecular complexity index is 575. The van der Waals surface area contributed by atoms with Crippen molar-refractivity contribution in [3.05, 3.63) is 29.8 Å². The van der Waals surface area contributed by atoms with Crippen LogP contribution in [-0.2, 0) is 0 Å². The van der Waals surface area contributed by atoms with Crippen LogP contribution in [0.5, 0.6) is 0 Å². The zero-order valence-electron chi connectivity index (χ0n) is 14.3. The Balaban J connectivity index is 1.98. The van der Waals surface area contributed by atoms with Gasteiger partial charge in [0.05, 0.1) is 11.3 Å². The van der Waals surface area contributed by atoms with E-state index in [1.807, 2.05) is 6.92 Å². The average molecular weight is 341 g/mol. The third kappa shape index (κ3) is 4.88. The molecule has 1 fully saturated rings. The van der Waals surface area contributed by atoms with Crippen molar-refractivity contribution < 1.29 is 18.7 Å². The lowest BCUT2D eigenvalue weighted by Crippen LogP contribution is -2.57. The van der Waals surface area contributed by atoms with Crippen molar-refractivity contribution in [3.63, 3.8) is 0 Å². The Morgan fingerprint density at radius 3 is 2.62 bits per heavy atom. The molecule has 2 rings (SSSR count). The molecule has 1 heterocycles. The summed E-state index contributed by atoms with van der Waals surface area (Å²) in [7, 11) is 0. The molecule has 1 aromatic rings. The summed E-state index contributed by atoms with van der Waals surface area (Å²) in [5.41, 5.74) is -0.835. The first kappa shape index (κ1) is 18.6. The number of benzene rings is 1. The van der Waals surface area contributed by atoms with Crippen LogP contribution in [0.25, 0.3) is 0 Å². The minimum absolute atomic E-state index is 0.0845. The molecule has 0 bridgehead atoms. The Morgan fingerprint density at radius 2 is 2.04 bits per heavy atom. The first-order valence-corrected chi connectivity index (χ1v) is 8.07. The van der Waals surface area contributed by atoms with Crippen molar-refractivity contribution in [3.8, 4) is 0 Å². The van der Waals surface area contributed by atoms with Crippen molar-refractivity contribution in [2.75, 3.05) is 31.5 Å². The standard InChI is InChI=1S/C17H25F2N3O2/c1-12-10-21(8-9-22(12)11-17(2,3)24)16(23)20-14-7-5-4-6-13(14)15(18)19/h4-7,12,15,24H,8-11H2,1-3H3,(H,20,23). The van der Waals surface area contributed by atoms with Crippen LogP contribution < -0.4 is 5.32 Å². The monoisotopic (exact) mass is 341 g/mol. The lowest BCUT2D eigenvalue weighted by Gasteiger charge is -2.41. The van der Waals surface area contributed by atoms with Crippen LogP contribution in [0.3, 0.4) is 0 Å². The van der Waals surface area contributed by atoms with Gasteiger partial charge in [-0.3, -0.25) is 4.90 Å². The minimum Gasteiger partial charge on any atom is -0.389 e. The van der Waals surface area contributed by atoms with Gasteiger partial charge in [-0.2, -0.15) is 0 Å². The fourth-order valence-corrected chi connectivity index (χ4v) is 2.91. The molecule has 1 aromatic carbocycles. The number of rotatable bonds is 4. The molecule has 0 radical (unpaired) electrons. The van der Waals surface area contributed by atoms with Gasteiger partial charge in [0.25, 0.3) is 6.43 Å². The summed E-state index contributed by atoms with van der Waals surface area (Å²) in [5, 5.41) is 12.5. The number of nitrogens with one attached hydrogen (secondary N) is 1. The van der Waals surface area contributed by atoms with Crippen LogP contribution >= 0.6 is 0 Å². The SMILES string of the molecule is CC1CN(C(=O)Nc2ccccc2C(F)F)CCN1CC(C)(C)O. The van der Waals surface area contributed by atoms with Crippen LogP contribution in [0.15, 0.2) is 24.3 Å². The molecule has 0 aliphatic carbocycles. The number of hydrogen-bond donors (Lipinski definition) is 2. The summed E-state index contributed by atoms with van der Waals surface area (Å²) in [4.78, 5) is 16.1. The highest BCUT2D eigenvalue weighted by atomic mass is 19.3. The van der Waals surface area contributed by atoms with Crippen LogP contribution in [0.4, 0.5) is 19.3 Å². The number of anilines is 1. The summed E-state index contributed by atoms with van der Waals surface area (Å²) in [6, 6.07) is 5.64. The summed E-state index contributed by atoms with van der Waals surface area (Å²) in [5.74, 6) is 0. The second kappa shape index (κ2) is 7.44. The van der Waals surface area contributed by atoms with E-state index >= 15 is 0 Å². The van der Waals surface area contributed by atoms with E-state index in [1.165, 1.54) is 18.2 Å². The van der Waals surface area contributed by atoms with Crippen molar-refractivity contribution in [1.82, 2.24) is 9.80 Å². The molecule has 5 nitrogen and oxygen atoms in total. The zero-order chi connectivity index (χ0) is 17.9. The highest BCUT2D eigenvalue weighted by molar-refractivity contribution is 5.90. The Hall–Kier alpha value is -1.73. The minimum atomic E-state index is -2.64. The number of urea groups is 1. The molecule has 1 aliphatic heterocycles. The van der Waals surface area contributed by atoms with Gasteiger partial charge in [-0.05, 0) is 26.8 Å². The highest BCUT2D eigenvalue weighted by Crippen LogP contribution is 2.27. The predicted octanol–water partition coefficient (Wildman–Crippen LogP) is 2.93. The average Bonchev–Trinajstić information content (AvgIpc) is 2.48. The van der Waals surface area contributed by atoms with E-state index in [9.17, 15) is 18.7 Å². The van der Waals surface area contributed by atoms with Gasteiger partial charge in [0, 0.05) is 37.8 Å². The maximum atomic E-state index is 13.0. The summed E-state index contributed by atoms with van der Waals surface area (Å²) in [6.07, 6.45) is -2.64. The molecule has 1 atom stereocenters. The fraction of sp³-hybridized carbons (Fsp3) is 0.588. The number of piperazine rings is 1. The van der Waals surface area contributed by atoms with E-state index in [4.69, 9.17) is 0 Å². The number of hydrogen-bond acceptors (Lipinski definition) is 3. The molecule has 0 spiro atoms. The maximum Gasteiger partial charge on any atom is 0.321 e. The van der Waals surface area contributed by atoms with Gasteiger partial charge in [-0.25, -0.2) is 13.6 Å². The number of halogens is 2. The molecule has 0 saturated carbocycles. The molecule has 0 aromatic heterocycles. The lowest BCUT2D eigenvalue weighted by molar-refractivity contribution is 0.00377. The number of para-hydroxylation sites is 1. The Kier molecular flexibility index (Phi) is 5.77. The van der Waals surface area contributed by atoms with Crippen LogP contribution in [0, 0.1) is 0 Å². The highest BCUT2D eigenvalue weighted by Gasteiger charge is 2.30. The van der Waals surface area contributed by atoms with Crippen molar-refractivity contribution in [1.29, 1.82) is 0 Å². The quantitative estimate of drug-likeness (QED) is 0.885. The molecule has 24 heavy (non-hydrogen) atoms.